The molecule has 0 atom stereocenters. The summed E-state index contributed by atoms with van der Waals surface area (Å²) in [6.07, 6.45) is 1.92. The third kappa shape index (κ3) is 2.10. The van der Waals surface area contributed by atoms with Crippen LogP contribution < -0.4 is 5.32 Å². The summed E-state index contributed by atoms with van der Waals surface area (Å²) in [5, 5.41) is 6.65. The first-order valence-corrected chi connectivity index (χ1v) is 5.60. The first-order valence-electron chi connectivity index (χ1n) is 5.60. The number of rotatable bonds is 2. The van der Waals surface area contributed by atoms with E-state index < -0.39 is 0 Å². The van der Waals surface area contributed by atoms with Gasteiger partial charge in [-0.1, -0.05) is 32.9 Å². The molecule has 0 saturated heterocycles. The van der Waals surface area contributed by atoms with Gasteiger partial charge in [-0.25, -0.2) is 0 Å². The third-order valence-electron chi connectivity index (χ3n) is 3.04. The van der Waals surface area contributed by atoms with Crippen LogP contribution in [0.25, 0.3) is 0 Å². The monoisotopic (exact) mass is 222 g/mol. The molecule has 1 aromatic rings. The van der Waals surface area contributed by atoms with E-state index in [1.54, 1.807) is 6.07 Å². The highest BCUT2D eigenvalue weighted by Gasteiger charge is 2.45. The predicted octanol–water partition coefficient (Wildman–Crippen LogP) is 2.71. The maximum Gasteiger partial charge on any atom is 0.231 e. The lowest BCUT2D eigenvalue weighted by Gasteiger charge is -2.12. The molecule has 0 bridgehead atoms. The second-order valence-corrected chi connectivity index (χ2v) is 5.84. The van der Waals surface area contributed by atoms with Crippen molar-refractivity contribution in [3.63, 3.8) is 0 Å². The number of nitrogens with one attached hydrogen (secondary N) is 1. The molecule has 2 rings (SSSR count). The molecule has 0 radical (unpaired) electrons. The largest absolute Gasteiger partial charge is 0.359 e. The lowest BCUT2D eigenvalue weighted by molar-refractivity contribution is -0.120. The standard InChI is InChI=1S/C12H18N2O2/c1-11(2,3)8-7-9(14-16-8)13-10(15)12(4)5-6-12/h7H,5-6H2,1-4H3,(H,13,14,15). The van der Waals surface area contributed by atoms with E-state index in [0.29, 0.717) is 5.82 Å². The Kier molecular flexibility index (Phi) is 2.33. The first-order chi connectivity index (χ1) is 7.31. The van der Waals surface area contributed by atoms with Gasteiger partial charge in [-0.3, -0.25) is 4.79 Å². The van der Waals surface area contributed by atoms with Crippen molar-refractivity contribution in [2.24, 2.45) is 5.41 Å². The normalized spacial score (nSPS) is 18.2. The van der Waals surface area contributed by atoms with E-state index in [9.17, 15) is 4.79 Å². The van der Waals surface area contributed by atoms with Crippen LogP contribution in [0, 0.1) is 5.41 Å². The summed E-state index contributed by atoms with van der Waals surface area (Å²) in [5.41, 5.74) is -0.264. The average molecular weight is 222 g/mol. The highest BCUT2D eigenvalue weighted by molar-refractivity contribution is 5.96. The number of hydrogen-bond donors (Lipinski definition) is 1. The van der Waals surface area contributed by atoms with Crippen molar-refractivity contribution in [1.82, 2.24) is 5.16 Å². The Morgan fingerprint density at radius 1 is 1.50 bits per heavy atom. The summed E-state index contributed by atoms with van der Waals surface area (Å²) in [7, 11) is 0. The number of aromatic nitrogens is 1. The van der Waals surface area contributed by atoms with Crippen molar-refractivity contribution in [3.05, 3.63) is 11.8 Å². The number of nitrogens with zero attached hydrogens (tertiary/aromatic N) is 1. The Morgan fingerprint density at radius 3 is 2.56 bits per heavy atom. The SMILES string of the molecule is CC1(C(=O)Nc2cc(C(C)(C)C)on2)CC1. The molecule has 1 fully saturated rings. The molecule has 1 aliphatic rings. The van der Waals surface area contributed by atoms with Crippen LogP contribution in [0.3, 0.4) is 0 Å². The van der Waals surface area contributed by atoms with E-state index >= 15 is 0 Å². The zero-order valence-electron chi connectivity index (χ0n) is 10.3. The topological polar surface area (TPSA) is 55.1 Å². The fourth-order valence-corrected chi connectivity index (χ4v) is 1.37. The first kappa shape index (κ1) is 11.2. The maximum absolute atomic E-state index is 11.8. The Bertz CT molecular complexity index is 411. The number of carbonyl (C=O) groups is 1. The minimum Gasteiger partial charge on any atom is -0.359 e. The number of amides is 1. The van der Waals surface area contributed by atoms with E-state index in [-0.39, 0.29) is 16.7 Å². The van der Waals surface area contributed by atoms with Gasteiger partial charge in [0.15, 0.2) is 5.82 Å². The van der Waals surface area contributed by atoms with Gasteiger partial charge in [-0.15, -0.1) is 0 Å². The van der Waals surface area contributed by atoms with Crippen LogP contribution in [0.1, 0.15) is 46.3 Å². The van der Waals surface area contributed by atoms with Crippen LogP contribution in [0.2, 0.25) is 0 Å². The minimum absolute atomic E-state index is 0.0428. The lowest BCUT2D eigenvalue weighted by atomic mass is 9.93. The highest BCUT2D eigenvalue weighted by atomic mass is 16.5. The Hall–Kier alpha value is -1.32. The molecule has 4 nitrogen and oxygen atoms in total. The van der Waals surface area contributed by atoms with E-state index in [2.05, 4.69) is 10.5 Å². The summed E-state index contributed by atoms with van der Waals surface area (Å²) >= 11 is 0. The van der Waals surface area contributed by atoms with E-state index in [1.807, 2.05) is 27.7 Å². The molecule has 1 aromatic heterocycles. The molecule has 0 spiro atoms. The predicted molar refractivity (Wildman–Crippen MR) is 61.2 cm³/mol. The Morgan fingerprint density at radius 2 is 2.12 bits per heavy atom. The molecule has 0 aromatic carbocycles. The molecular formula is C12H18N2O2. The maximum atomic E-state index is 11.8. The average Bonchev–Trinajstić information content (AvgIpc) is 2.75. The van der Waals surface area contributed by atoms with Gasteiger partial charge in [0.25, 0.3) is 0 Å². The lowest BCUT2D eigenvalue weighted by Crippen LogP contribution is -2.21. The van der Waals surface area contributed by atoms with Crippen molar-refractivity contribution in [2.45, 2.75) is 46.0 Å². The van der Waals surface area contributed by atoms with Gasteiger partial charge in [0.1, 0.15) is 5.76 Å². The molecule has 0 aliphatic heterocycles. The second kappa shape index (κ2) is 3.34. The molecule has 1 aliphatic carbocycles. The summed E-state index contributed by atoms with van der Waals surface area (Å²) in [6, 6.07) is 1.80. The van der Waals surface area contributed by atoms with Gasteiger partial charge in [-0.05, 0) is 12.8 Å². The van der Waals surface area contributed by atoms with Crippen LogP contribution >= 0.6 is 0 Å². The zero-order valence-corrected chi connectivity index (χ0v) is 10.3. The van der Waals surface area contributed by atoms with E-state index in [0.717, 1.165) is 18.6 Å². The smallest absolute Gasteiger partial charge is 0.231 e. The summed E-state index contributed by atoms with van der Waals surface area (Å²) in [5.74, 6) is 1.34. The van der Waals surface area contributed by atoms with Gasteiger partial charge in [0, 0.05) is 16.9 Å². The minimum atomic E-state index is -0.180. The van der Waals surface area contributed by atoms with Crippen molar-refractivity contribution in [1.29, 1.82) is 0 Å². The molecule has 88 valence electrons. The van der Waals surface area contributed by atoms with Gasteiger partial charge >= 0.3 is 0 Å². The molecule has 1 N–H and O–H groups in total. The van der Waals surface area contributed by atoms with Crippen LogP contribution in [-0.4, -0.2) is 11.1 Å². The Labute approximate surface area is 95.4 Å². The quantitative estimate of drug-likeness (QED) is 0.837. The van der Waals surface area contributed by atoms with Crippen LogP contribution in [0.5, 0.6) is 0 Å². The highest BCUT2D eigenvalue weighted by Crippen LogP contribution is 2.45. The van der Waals surface area contributed by atoms with Crippen LogP contribution in [-0.2, 0) is 10.2 Å². The molecular weight excluding hydrogens is 204 g/mol. The van der Waals surface area contributed by atoms with Gasteiger partial charge in [0.2, 0.25) is 5.91 Å². The van der Waals surface area contributed by atoms with Gasteiger partial charge in [-0.2, -0.15) is 0 Å². The van der Waals surface area contributed by atoms with E-state index in [4.69, 9.17) is 4.52 Å². The third-order valence-corrected chi connectivity index (χ3v) is 3.04. The fourth-order valence-electron chi connectivity index (χ4n) is 1.37. The van der Waals surface area contributed by atoms with Crippen molar-refractivity contribution < 1.29 is 9.32 Å². The van der Waals surface area contributed by atoms with Gasteiger partial charge < -0.3 is 9.84 Å². The van der Waals surface area contributed by atoms with Crippen LogP contribution in [0.15, 0.2) is 10.6 Å². The molecule has 0 unspecified atom stereocenters. The summed E-state index contributed by atoms with van der Waals surface area (Å²) in [4.78, 5) is 11.8. The van der Waals surface area contributed by atoms with Crippen molar-refractivity contribution in [3.8, 4) is 0 Å². The zero-order chi connectivity index (χ0) is 12.0. The van der Waals surface area contributed by atoms with Crippen molar-refractivity contribution in [2.75, 3.05) is 5.32 Å². The summed E-state index contributed by atoms with van der Waals surface area (Å²) in [6.45, 7) is 8.09. The number of hydrogen-bond acceptors (Lipinski definition) is 3. The van der Waals surface area contributed by atoms with Crippen molar-refractivity contribution >= 4 is 11.7 Å². The molecule has 1 amide bonds. The molecule has 1 heterocycles. The van der Waals surface area contributed by atoms with Gasteiger partial charge in [0.05, 0.1) is 0 Å². The molecule has 1 saturated carbocycles. The van der Waals surface area contributed by atoms with Crippen LogP contribution in [0.4, 0.5) is 5.82 Å². The molecule has 4 heteroatoms. The fraction of sp³-hybridized carbons (Fsp3) is 0.667. The Balaban J connectivity index is 2.06. The number of anilines is 1. The molecule has 16 heavy (non-hydrogen) atoms. The number of carbonyl (C=O) groups excluding carboxylic acids is 1. The summed E-state index contributed by atoms with van der Waals surface area (Å²) < 4.78 is 5.20. The van der Waals surface area contributed by atoms with E-state index in [1.165, 1.54) is 0 Å². The second-order valence-electron chi connectivity index (χ2n) is 5.84.